The third kappa shape index (κ3) is 3.94. The van der Waals surface area contributed by atoms with Gasteiger partial charge >= 0.3 is 0 Å². The maximum Gasteiger partial charge on any atom is 0.254 e. The van der Waals surface area contributed by atoms with Crippen molar-refractivity contribution in [3.05, 3.63) is 0 Å². The number of amides is 1. The molecular formula is C19H35N3O2. The number of rotatable bonds is 4. The van der Waals surface area contributed by atoms with E-state index in [1.807, 2.05) is 0 Å². The lowest BCUT2D eigenvalue weighted by molar-refractivity contribution is -0.160. The molecule has 0 radical (unpaired) electrons. The van der Waals surface area contributed by atoms with Gasteiger partial charge in [-0.15, -0.1) is 0 Å². The van der Waals surface area contributed by atoms with Gasteiger partial charge in [-0.05, 0) is 71.0 Å². The average Bonchev–Trinajstić information content (AvgIpc) is 2.64. The standard InChI is InChI=1S/C19H35N3O2/c1-16-6-3-4-12-21(16)14-17-7-5-13-22(15-17)18(23)19(24-2)8-10-20-11-9-19/h16-17,20H,3-15H2,1-2H3. The SMILES string of the molecule is COC1(C(=O)N2CCCC(CN3CCCCC3C)C2)CCNCC1. The van der Waals surface area contributed by atoms with Gasteiger partial charge in [-0.2, -0.15) is 0 Å². The molecule has 138 valence electrons. The number of likely N-dealkylation sites (tertiary alicyclic amines) is 2. The van der Waals surface area contributed by atoms with Gasteiger partial charge in [0.15, 0.2) is 0 Å². The Bertz CT molecular complexity index is 423. The molecule has 24 heavy (non-hydrogen) atoms. The van der Waals surface area contributed by atoms with Crippen LogP contribution in [0.2, 0.25) is 0 Å². The summed E-state index contributed by atoms with van der Waals surface area (Å²) in [6.45, 7) is 8.33. The first kappa shape index (κ1) is 18.2. The number of hydrogen-bond donors (Lipinski definition) is 1. The Morgan fingerprint density at radius 3 is 2.67 bits per heavy atom. The maximum atomic E-state index is 13.2. The predicted molar refractivity (Wildman–Crippen MR) is 96.0 cm³/mol. The number of piperidine rings is 3. The molecule has 0 saturated carbocycles. The third-order valence-corrected chi connectivity index (χ3v) is 6.43. The largest absolute Gasteiger partial charge is 0.368 e. The number of ether oxygens (including phenoxy) is 1. The summed E-state index contributed by atoms with van der Waals surface area (Å²) in [7, 11) is 1.71. The highest BCUT2D eigenvalue weighted by atomic mass is 16.5. The van der Waals surface area contributed by atoms with Crippen molar-refractivity contribution in [3.63, 3.8) is 0 Å². The van der Waals surface area contributed by atoms with Crippen molar-refractivity contribution >= 4 is 5.91 Å². The Hall–Kier alpha value is -0.650. The van der Waals surface area contributed by atoms with E-state index in [2.05, 4.69) is 22.0 Å². The summed E-state index contributed by atoms with van der Waals surface area (Å²) in [6, 6.07) is 0.708. The predicted octanol–water partition coefficient (Wildman–Crippen LogP) is 1.87. The van der Waals surface area contributed by atoms with E-state index in [0.717, 1.165) is 52.0 Å². The molecule has 0 spiro atoms. The average molecular weight is 338 g/mol. The smallest absolute Gasteiger partial charge is 0.254 e. The molecule has 0 bridgehead atoms. The van der Waals surface area contributed by atoms with Crippen LogP contribution in [0.3, 0.4) is 0 Å². The van der Waals surface area contributed by atoms with E-state index in [1.54, 1.807) is 7.11 Å². The molecule has 3 aliphatic heterocycles. The fourth-order valence-corrected chi connectivity index (χ4v) is 4.78. The second-order valence-electron chi connectivity index (χ2n) is 8.05. The minimum Gasteiger partial charge on any atom is -0.368 e. The fourth-order valence-electron chi connectivity index (χ4n) is 4.78. The molecule has 5 nitrogen and oxygen atoms in total. The molecule has 2 atom stereocenters. The van der Waals surface area contributed by atoms with E-state index in [0.29, 0.717) is 12.0 Å². The first-order valence-electron chi connectivity index (χ1n) is 9.94. The highest BCUT2D eigenvalue weighted by Gasteiger charge is 2.43. The quantitative estimate of drug-likeness (QED) is 0.851. The van der Waals surface area contributed by atoms with E-state index in [1.165, 1.54) is 32.2 Å². The van der Waals surface area contributed by atoms with Crippen molar-refractivity contribution in [2.75, 3.05) is 46.4 Å². The van der Waals surface area contributed by atoms with Gasteiger partial charge in [-0.25, -0.2) is 0 Å². The highest BCUT2D eigenvalue weighted by molar-refractivity contribution is 5.85. The van der Waals surface area contributed by atoms with Crippen LogP contribution in [0, 0.1) is 5.92 Å². The van der Waals surface area contributed by atoms with Gasteiger partial charge in [0, 0.05) is 32.8 Å². The molecule has 0 aromatic carbocycles. The summed E-state index contributed by atoms with van der Waals surface area (Å²) in [6.07, 6.45) is 8.02. The topological polar surface area (TPSA) is 44.8 Å². The van der Waals surface area contributed by atoms with Gasteiger partial charge in [-0.1, -0.05) is 6.42 Å². The van der Waals surface area contributed by atoms with Gasteiger partial charge in [-0.3, -0.25) is 4.79 Å². The van der Waals surface area contributed by atoms with Crippen molar-refractivity contribution in [2.45, 2.75) is 63.5 Å². The van der Waals surface area contributed by atoms with Crippen LogP contribution in [0.1, 0.15) is 51.9 Å². The van der Waals surface area contributed by atoms with Crippen molar-refractivity contribution in [1.82, 2.24) is 15.1 Å². The summed E-state index contributed by atoms with van der Waals surface area (Å²) in [5.41, 5.74) is -0.578. The van der Waals surface area contributed by atoms with Gasteiger partial charge in [0.05, 0.1) is 0 Å². The number of nitrogens with zero attached hydrogens (tertiary/aromatic N) is 2. The zero-order chi connectivity index (χ0) is 17.0. The molecule has 3 rings (SSSR count). The molecule has 3 fully saturated rings. The zero-order valence-electron chi connectivity index (χ0n) is 15.6. The summed E-state index contributed by atoms with van der Waals surface area (Å²) in [5, 5.41) is 3.34. The monoisotopic (exact) mass is 337 g/mol. The first-order chi connectivity index (χ1) is 11.6. The van der Waals surface area contributed by atoms with E-state index < -0.39 is 5.60 Å². The van der Waals surface area contributed by atoms with Crippen LogP contribution in [0.4, 0.5) is 0 Å². The Morgan fingerprint density at radius 1 is 1.17 bits per heavy atom. The molecule has 3 saturated heterocycles. The van der Waals surface area contributed by atoms with Crippen molar-refractivity contribution in [3.8, 4) is 0 Å². The molecule has 3 heterocycles. The maximum absolute atomic E-state index is 13.2. The summed E-state index contributed by atoms with van der Waals surface area (Å²) >= 11 is 0. The summed E-state index contributed by atoms with van der Waals surface area (Å²) in [5.74, 6) is 0.863. The summed E-state index contributed by atoms with van der Waals surface area (Å²) in [4.78, 5) is 17.9. The van der Waals surface area contributed by atoms with Gasteiger partial charge < -0.3 is 19.9 Å². The lowest BCUT2D eigenvalue weighted by atomic mass is 9.88. The van der Waals surface area contributed by atoms with Gasteiger partial charge in [0.2, 0.25) is 0 Å². The number of carbonyl (C=O) groups excluding carboxylic acids is 1. The lowest BCUT2D eigenvalue weighted by Gasteiger charge is -2.43. The van der Waals surface area contributed by atoms with Crippen LogP contribution in [0.15, 0.2) is 0 Å². The molecular weight excluding hydrogens is 302 g/mol. The van der Waals surface area contributed by atoms with Crippen LogP contribution in [-0.4, -0.2) is 73.7 Å². The third-order valence-electron chi connectivity index (χ3n) is 6.43. The lowest BCUT2D eigenvalue weighted by Crippen LogP contribution is -2.57. The van der Waals surface area contributed by atoms with Gasteiger partial charge in [0.25, 0.3) is 5.91 Å². The molecule has 1 amide bonds. The Morgan fingerprint density at radius 2 is 1.96 bits per heavy atom. The first-order valence-corrected chi connectivity index (χ1v) is 9.94. The van der Waals surface area contributed by atoms with E-state index >= 15 is 0 Å². The van der Waals surface area contributed by atoms with Gasteiger partial charge in [0.1, 0.15) is 5.60 Å². The fraction of sp³-hybridized carbons (Fsp3) is 0.947. The highest BCUT2D eigenvalue weighted by Crippen LogP contribution is 2.29. The van der Waals surface area contributed by atoms with Crippen molar-refractivity contribution < 1.29 is 9.53 Å². The van der Waals surface area contributed by atoms with Crippen molar-refractivity contribution in [2.24, 2.45) is 5.92 Å². The number of carbonyl (C=O) groups is 1. The Balaban J connectivity index is 1.59. The molecule has 0 aromatic rings. The Labute approximate surface area is 147 Å². The summed E-state index contributed by atoms with van der Waals surface area (Å²) < 4.78 is 5.75. The molecule has 1 N–H and O–H groups in total. The molecule has 5 heteroatoms. The molecule has 0 aromatic heterocycles. The molecule has 3 aliphatic rings. The van der Waals surface area contributed by atoms with Crippen molar-refractivity contribution in [1.29, 1.82) is 0 Å². The van der Waals surface area contributed by atoms with E-state index in [9.17, 15) is 4.79 Å². The minimum atomic E-state index is -0.578. The zero-order valence-corrected chi connectivity index (χ0v) is 15.6. The van der Waals surface area contributed by atoms with Crippen LogP contribution in [-0.2, 0) is 9.53 Å². The number of methoxy groups -OCH3 is 1. The molecule has 2 unspecified atom stereocenters. The van der Waals surface area contributed by atoms with E-state index in [-0.39, 0.29) is 5.91 Å². The van der Waals surface area contributed by atoms with E-state index in [4.69, 9.17) is 4.74 Å². The Kier molecular flexibility index (Phi) is 6.17. The normalized spacial score (nSPS) is 31.8. The second-order valence-corrected chi connectivity index (χ2v) is 8.05. The number of hydrogen-bond acceptors (Lipinski definition) is 4. The minimum absolute atomic E-state index is 0.239. The second kappa shape index (κ2) is 8.15. The molecule has 0 aliphatic carbocycles. The number of nitrogens with one attached hydrogen (secondary N) is 1. The van der Waals surface area contributed by atoms with Crippen LogP contribution in [0.5, 0.6) is 0 Å². The van der Waals surface area contributed by atoms with Crippen LogP contribution < -0.4 is 5.32 Å². The van der Waals surface area contributed by atoms with Crippen LogP contribution in [0.25, 0.3) is 0 Å². The van der Waals surface area contributed by atoms with Crippen LogP contribution >= 0.6 is 0 Å².